The van der Waals surface area contributed by atoms with Gasteiger partial charge in [0.15, 0.2) is 11.9 Å². The number of allylic oxidation sites excluding steroid dienone is 2. The molecular weight excluding hydrogens is 1200 g/mol. The number of carbonyl (C=O) groups excluding carboxylic acids is 7. The van der Waals surface area contributed by atoms with Gasteiger partial charge in [0.2, 0.25) is 0 Å². The highest BCUT2D eigenvalue weighted by Crippen LogP contribution is 2.45. The van der Waals surface area contributed by atoms with Crippen LogP contribution in [0.3, 0.4) is 0 Å². The molecule has 15 nitrogen and oxygen atoms in total. The van der Waals surface area contributed by atoms with Crippen LogP contribution >= 0.6 is 0 Å². The van der Waals surface area contributed by atoms with E-state index < -0.39 is 29.4 Å². The van der Waals surface area contributed by atoms with E-state index in [9.17, 15) is 33.6 Å². The van der Waals surface area contributed by atoms with Crippen LogP contribution in [0.4, 0.5) is 0 Å². The maximum Gasteiger partial charge on any atom is 0.342 e. The van der Waals surface area contributed by atoms with Crippen LogP contribution in [0.25, 0.3) is 0 Å². The molecule has 95 heavy (non-hydrogen) atoms. The second-order valence-corrected chi connectivity index (χ2v) is 28.0. The van der Waals surface area contributed by atoms with Gasteiger partial charge in [-0.2, -0.15) is 0 Å². The molecule has 3 rings (SSSR count). The van der Waals surface area contributed by atoms with Crippen molar-refractivity contribution in [3.8, 4) is 17.2 Å². The predicted octanol–water partition coefficient (Wildman–Crippen LogP) is 20.3. The molecule has 1 aliphatic rings. The summed E-state index contributed by atoms with van der Waals surface area (Å²) >= 11 is 0. The normalized spacial score (nSPS) is 12.9. The Balaban J connectivity index is 1.48. The number of ether oxygens (including phenoxy) is 8. The van der Waals surface area contributed by atoms with Gasteiger partial charge in [-0.25, -0.2) is 4.79 Å². The lowest BCUT2D eigenvalue weighted by molar-refractivity contribution is -0.169. The van der Waals surface area contributed by atoms with Crippen LogP contribution in [-0.4, -0.2) is 75.3 Å². The van der Waals surface area contributed by atoms with Gasteiger partial charge < -0.3 is 37.9 Å². The van der Waals surface area contributed by atoms with Crippen molar-refractivity contribution in [3.63, 3.8) is 0 Å². The zero-order valence-corrected chi connectivity index (χ0v) is 61.5. The zero-order chi connectivity index (χ0) is 69.8. The van der Waals surface area contributed by atoms with E-state index in [1.165, 1.54) is 143 Å². The highest BCUT2D eigenvalue weighted by Gasteiger charge is 2.37. The number of cyclic esters (lactones) is 1. The largest absolute Gasteiger partial charge is 0.496 e. The number of unbranched alkanes of at least 4 members (excludes halogenated alkanes) is 29. The van der Waals surface area contributed by atoms with Crippen LogP contribution in [0.15, 0.2) is 23.8 Å². The molecule has 2 atom stereocenters. The average Bonchev–Trinajstić information content (AvgIpc) is 1.72. The van der Waals surface area contributed by atoms with Crippen molar-refractivity contribution >= 4 is 41.8 Å². The van der Waals surface area contributed by atoms with Gasteiger partial charge in [0, 0.05) is 41.4 Å². The molecule has 0 amide bonds. The SMILES string of the molecule is CCCCCCCCCCCCCCCC(=O)OCC(COC(=O)CCCCCCCCCCCCCCC)OC(=O)C(C)CCCCCCCCC(C)C(=O)Oc1cc(C)cc(C)c1C(C)(C)CC(=O)Oc1c(C/C=C(\C)CCC(=O)OC)c(OC)c(C)c2c1C(=O)OC2. The Morgan fingerprint density at radius 1 is 0.547 bits per heavy atom. The molecule has 0 saturated heterocycles. The molecule has 0 saturated carbocycles. The fraction of sp³-hybridized carbons (Fsp3) is 0.738. The van der Waals surface area contributed by atoms with E-state index >= 15 is 0 Å². The molecule has 2 aromatic rings. The number of fused-ring (bicyclic) bond motifs is 1. The summed E-state index contributed by atoms with van der Waals surface area (Å²) in [6.45, 7) is 19.4. The van der Waals surface area contributed by atoms with E-state index in [0.29, 0.717) is 65.9 Å². The molecule has 0 bridgehead atoms. The van der Waals surface area contributed by atoms with E-state index in [1.807, 2.05) is 73.6 Å². The Bertz CT molecular complexity index is 2590. The summed E-state index contributed by atoms with van der Waals surface area (Å²) in [4.78, 5) is 92.4. The first-order valence-electron chi connectivity index (χ1n) is 37.3. The Hall–Kier alpha value is -5.73. The molecule has 0 spiro atoms. The van der Waals surface area contributed by atoms with E-state index in [-0.39, 0.29) is 86.1 Å². The third-order valence-electron chi connectivity index (χ3n) is 18.8. The first-order valence-corrected chi connectivity index (χ1v) is 37.3. The fourth-order valence-corrected chi connectivity index (χ4v) is 12.9. The number of carbonyl (C=O) groups is 7. The summed E-state index contributed by atoms with van der Waals surface area (Å²) < 4.78 is 45.7. The smallest absolute Gasteiger partial charge is 0.342 e. The number of hydrogen-bond acceptors (Lipinski definition) is 15. The van der Waals surface area contributed by atoms with E-state index in [2.05, 4.69) is 13.8 Å². The fourth-order valence-electron chi connectivity index (χ4n) is 12.9. The number of methoxy groups -OCH3 is 2. The van der Waals surface area contributed by atoms with E-state index in [4.69, 9.17) is 37.9 Å². The molecule has 1 heterocycles. The molecule has 2 aromatic carbocycles. The molecule has 0 N–H and O–H groups in total. The first kappa shape index (κ1) is 83.5. The van der Waals surface area contributed by atoms with Crippen molar-refractivity contribution in [2.75, 3.05) is 27.4 Å². The lowest BCUT2D eigenvalue weighted by Crippen LogP contribution is -2.32. The third kappa shape index (κ3) is 33.9. The van der Waals surface area contributed by atoms with Crippen molar-refractivity contribution in [1.82, 2.24) is 0 Å². The monoisotopic (exact) mass is 1330 g/mol. The van der Waals surface area contributed by atoms with E-state index in [0.717, 1.165) is 93.7 Å². The summed E-state index contributed by atoms with van der Waals surface area (Å²) in [7, 11) is 2.88. The molecule has 0 aromatic heterocycles. The molecule has 15 heteroatoms. The number of hydrogen-bond donors (Lipinski definition) is 0. The highest BCUT2D eigenvalue weighted by atomic mass is 16.6. The minimum absolute atomic E-state index is 0.0188. The van der Waals surface area contributed by atoms with Gasteiger partial charge in [0.05, 0.1) is 32.5 Å². The van der Waals surface area contributed by atoms with Crippen LogP contribution in [0.5, 0.6) is 17.2 Å². The first-order chi connectivity index (χ1) is 45.7. The van der Waals surface area contributed by atoms with Crippen molar-refractivity contribution < 1.29 is 71.5 Å². The summed E-state index contributed by atoms with van der Waals surface area (Å²) in [6.07, 6.45) is 40.8. The van der Waals surface area contributed by atoms with Crippen LogP contribution in [-0.2, 0) is 70.9 Å². The van der Waals surface area contributed by atoms with Crippen molar-refractivity contribution in [3.05, 3.63) is 62.7 Å². The molecule has 2 unspecified atom stereocenters. The van der Waals surface area contributed by atoms with Gasteiger partial charge in [-0.15, -0.1) is 0 Å². The minimum Gasteiger partial charge on any atom is -0.496 e. The summed E-state index contributed by atoms with van der Waals surface area (Å²) in [5, 5.41) is 0. The van der Waals surface area contributed by atoms with Gasteiger partial charge in [0.25, 0.3) is 0 Å². The van der Waals surface area contributed by atoms with Crippen LogP contribution in [0.1, 0.15) is 343 Å². The standard InChI is InChI=1S/C80H128O15/c1-13-15-17-19-21-23-25-27-29-31-33-39-43-47-70(82)90-56-65(57-91-71(83)48-44-40-34-32-30-28-26-24-22-20-18-16-14-2)93-77(85)61(5)45-41-37-35-36-38-42-46-62(6)78(86)94-68-54-60(4)53-63(7)74(68)80(9,10)55-72(84)95-76-66(51-49-59(3)50-52-69(81)88-11)75(89-12)64(8)67-58-92-79(87)73(67)76/h49,53-54,61-62,65H,13-48,50-52,55-58H2,1-12H3/b59-49+. The van der Waals surface area contributed by atoms with Gasteiger partial charge in [-0.1, -0.05) is 252 Å². The molecule has 0 fully saturated rings. The summed E-state index contributed by atoms with van der Waals surface area (Å²) in [5.74, 6) is -2.76. The van der Waals surface area contributed by atoms with E-state index in [1.54, 1.807) is 0 Å². The van der Waals surface area contributed by atoms with Crippen molar-refractivity contribution in [2.45, 2.75) is 344 Å². The summed E-state index contributed by atoms with van der Waals surface area (Å²) in [6, 6.07) is 3.83. The van der Waals surface area contributed by atoms with Crippen LogP contribution in [0.2, 0.25) is 0 Å². The Morgan fingerprint density at radius 2 is 1.00 bits per heavy atom. The lowest BCUT2D eigenvalue weighted by Gasteiger charge is -2.29. The Kier molecular flexibility index (Phi) is 43.0. The maximum absolute atomic E-state index is 14.2. The van der Waals surface area contributed by atoms with Crippen molar-refractivity contribution in [1.29, 1.82) is 0 Å². The maximum atomic E-state index is 14.2. The summed E-state index contributed by atoms with van der Waals surface area (Å²) in [5.41, 5.74) is 4.47. The minimum atomic E-state index is -0.888. The van der Waals surface area contributed by atoms with Crippen LogP contribution in [0, 0.1) is 32.6 Å². The predicted molar refractivity (Wildman–Crippen MR) is 378 cm³/mol. The van der Waals surface area contributed by atoms with Gasteiger partial charge in [0.1, 0.15) is 36.9 Å². The second-order valence-electron chi connectivity index (χ2n) is 28.0. The number of esters is 7. The number of rotatable bonds is 55. The lowest BCUT2D eigenvalue weighted by atomic mass is 9.78. The third-order valence-corrected chi connectivity index (χ3v) is 18.8. The molecule has 538 valence electrons. The second kappa shape index (κ2) is 48.9. The van der Waals surface area contributed by atoms with Gasteiger partial charge in [-0.3, -0.25) is 28.8 Å². The molecule has 1 aliphatic heterocycles. The highest BCUT2D eigenvalue weighted by molar-refractivity contribution is 5.99. The average molecular weight is 1330 g/mol. The van der Waals surface area contributed by atoms with Gasteiger partial charge in [-0.05, 0) is 89.0 Å². The quantitative estimate of drug-likeness (QED) is 0.0199. The number of aryl methyl sites for hydroxylation is 2. The Labute approximate surface area is 574 Å². The molecule has 0 radical (unpaired) electrons. The van der Waals surface area contributed by atoms with Crippen molar-refractivity contribution in [2.24, 2.45) is 11.8 Å². The molecule has 0 aliphatic carbocycles. The van der Waals surface area contributed by atoms with Crippen LogP contribution < -0.4 is 14.2 Å². The zero-order valence-electron chi connectivity index (χ0n) is 61.5. The topological polar surface area (TPSA) is 193 Å². The van der Waals surface area contributed by atoms with Gasteiger partial charge >= 0.3 is 41.8 Å². The number of benzene rings is 2. The molecular formula is C80H128O15. The Morgan fingerprint density at radius 3 is 1.46 bits per heavy atom.